The Labute approximate surface area is 149 Å². The molecule has 1 aromatic rings. The van der Waals surface area contributed by atoms with Gasteiger partial charge < -0.3 is 19.9 Å². The molecule has 3 rings (SSSR count). The van der Waals surface area contributed by atoms with Crippen molar-refractivity contribution in [2.75, 3.05) is 33.3 Å². The molecule has 2 aliphatic rings. The molecule has 1 fully saturated rings. The lowest BCUT2D eigenvalue weighted by Gasteiger charge is -2.37. The maximum Gasteiger partial charge on any atom is 0.317 e. The van der Waals surface area contributed by atoms with Gasteiger partial charge in [-0.15, -0.1) is 0 Å². The van der Waals surface area contributed by atoms with E-state index in [0.29, 0.717) is 26.2 Å². The van der Waals surface area contributed by atoms with E-state index < -0.39 is 0 Å². The van der Waals surface area contributed by atoms with Crippen molar-refractivity contribution in [1.82, 2.24) is 15.1 Å². The molecule has 2 atom stereocenters. The van der Waals surface area contributed by atoms with E-state index in [4.69, 9.17) is 4.74 Å². The SMILES string of the molecule is CO[C@@H]1CCN(C(=O)NCCN2CCc3ccccc3C2=O)[C@H](C)C1. The summed E-state index contributed by atoms with van der Waals surface area (Å²) in [5.41, 5.74) is 1.90. The molecule has 0 radical (unpaired) electrons. The average molecular weight is 345 g/mol. The lowest BCUT2D eigenvalue weighted by Crippen LogP contribution is -2.52. The Morgan fingerprint density at radius 1 is 1.32 bits per heavy atom. The van der Waals surface area contributed by atoms with E-state index >= 15 is 0 Å². The number of ether oxygens (including phenoxy) is 1. The highest BCUT2D eigenvalue weighted by molar-refractivity contribution is 5.96. The molecule has 1 saturated heterocycles. The van der Waals surface area contributed by atoms with Crippen molar-refractivity contribution in [3.63, 3.8) is 0 Å². The molecule has 0 aromatic heterocycles. The summed E-state index contributed by atoms with van der Waals surface area (Å²) < 4.78 is 5.39. The minimum Gasteiger partial charge on any atom is -0.381 e. The fourth-order valence-electron chi connectivity index (χ4n) is 3.73. The molecule has 3 amide bonds. The van der Waals surface area contributed by atoms with Gasteiger partial charge in [0.2, 0.25) is 0 Å². The van der Waals surface area contributed by atoms with E-state index in [0.717, 1.165) is 30.4 Å². The number of hydrogen-bond donors (Lipinski definition) is 1. The van der Waals surface area contributed by atoms with Gasteiger partial charge in [-0.25, -0.2) is 4.79 Å². The molecule has 6 heteroatoms. The van der Waals surface area contributed by atoms with Crippen molar-refractivity contribution in [2.24, 2.45) is 0 Å². The molecular formula is C19H27N3O3. The maximum atomic E-state index is 12.5. The Morgan fingerprint density at radius 2 is 2.12 bits per heavy atom. The number of likely N-dealkylation sites (tertiary alicyclic amines) is 1. The molecule has 0 unspecified atom stereocenters. The minimum absolute atomic E-state index is 0.0492. The van der Waals surface area contributed by atoms with Crippen LogP contribution in [-0.4, -0.2) is 67.2 Å². The molecule has 2 heterocycles. The van der Waals surface area contributed by atoms with E-state index in [9.17, 15) is 9.59 Å². The molecule has 0 bridgehead atoms. The zero-order valence-corrected chi connectivity index (χ0v) is 15.0. The van der Waals surface area contributed by atoms with Crippen molar-refractivity contribution < 1.29 is 14.3 Å². The van der Waals surface area contributed by atoms with Crippen molar-refractivity contribution in [2.45, 2.75) is 38.3 Å². The summed E-state index contributed by atoms with van der Waals surface area (Å²) in [7, 11) is 1.72. The first kappa shape index (κ1) is 17.7. The van der Waals surface area contributed by atoms with Crippen molar-refractivity contribution in [3.8, 4) is 0 Å². The summed E-state index contributed by atoms with van der Waals surface area (Å²) in [6.07, 6.45) is 2.85. The van der Waals surface area contributed by atoms with Crippen LogP contribution in [-0.2, 0) is 11.2 Å². The van der Waals surface area contributed by atoms with Crippen molar-refractivity contribution in [3.05, 3.63) is 35.4 Å². The van der Waals surface area contributed by atoms with Crippen LogP contribution >= 0.6 is 0 Å². The second-order valence-electron chi connectivity index (χ2n) is 6.86. The molecule has 136 valence electrons. The number of nitrogens with zero attached hydrogens (tertiary/aromatic N) is 2. The number of rotatable bonds is 4. The van der Waals surface area contributed by atoms with Crippen molar-refractivity contribution >= 4 is 11.9 Å². The third-order valence-electron chi connectivity index (χ3n) is 5.27. The van der Waals surface area contributed by atoms with Crippen LogP contribution in [0.2, 0.25) is 0 Å². The van der Waals surface area contributed by atoms with Gasteiger partial charge in [-0.2, -0.15) is 0 Å². The largest absolute Gasteiger partial charge is 0.381 e. The van der Waals surface area contributed by atoms with E-state index in [2.05, 4.69) is 12.2 Å². The predicted molar refractivity (Wildman–Crippen MR) is 95.6 cm³/mol. The van der Waals surface area contributed by atoms with Gasteiger partial charge in [0, 0.05) is 44.9 Å². The molecule has 2 aliphatic heterocycles. The van der Waals surface area contributed by atoms with Crippen molar-refractivity contribution in [1.29, 1.82) is 0 Å². The van der Waals surface area contributed by atoms with Crippen LogP contribution in [0.4, 0.5) is 4.79 Å². The maximum absolute atomic E-state index is 12.5. The van der Waals surface area contributed by atoms with Crippen LogP contribution in [0, 0.1) is 0 Å². The zero-order chi connectivity index (χ0) is 17.8. The number of piperidine rings is 1. The van der Waals surface area contributed by atoms with Gasteiger partial charge in [0.15, 0.2) is 0 Å². The van der Waals surface area contributed by atoms with Gasteiger partial charge in [-0.1, -0.05) is 18.2 Å². The predicted octanol–water partition coefficient (Wildman–Crippen LogP) is 1.89. The van der Waals surface area contributed by atoms with Crippen LogP contribution in [0.25, 0.3) is 0 Å². The summed E-state index contributed by atoms with van der Waals surface area (Å²) >= 11 is 0. The number of hydrogen-bond acceptors (Lipinski definition) is 3. The number of methoxy groups -OCH3 is 1. The van der Waals surface area contributed by atoms with E-state index in [1.165, 1.54) is 0 Å². The number of carbonyl (C=O) groups is 2. The summed E-state index contributed by atoms with van der Waals surface area (Å²) in [6.45, 7) is 4.49. The highest BCUT2D eigenvalue weighted by Crippen LogP contribution is 2.20. The van der Waals surface area contributed by atoms with E-state index in [-0.39, 0.29) is 24.1 Å². The van der Waals surface area contributed by atoms with Gasteiger partial charge in [-0.3, -0.25) is 4.79 Å². The number of fused-ring (bicyclic) bond motifs is 1. The lowest BCUT2D eigenvalue weighted by molar-refractivity contribution is 0.0292. The molecule has 6 nitrogen and oxygen atoms in total. The monoisotopic (exact) mass is 345 g/mol. The van der Waals surface area contributed by atoms with Crippen LogP contribution in [0.1, 0.15) is 35.7 Å². The number of urea groups is 1. The minimum atomic E-state index is -0.0492. The Kier molecular flexibility index (Phi) is 5.58. The second-order valence-corrected chi connectivity index (χ2v) is 6.86. The fourth-order valence-corrected chi connectivity index (χ4v) is 3.73. The van der Waals surface area contributed by atoms with Gasteiger partial charge >= 0.3 is 6.03 Å². The first-order chi connectivity index (χ1) is 12.1. The van der Waals surface area contributed by atoms with Gasteiger partial charge in [0.25, 0.3) is 5.91 Å². The number of benzene rings is 1. The fraction of sp³-hybridized carbons (Fsp3) is 0.579. The molecule has 25 heavy (non-hydrogen) atoms. The van der Waals surface area contributed by atoms with Gasteiger partial charge in [0.05, 0.1) is 6.10 Å². The number of carbonyl (C=O) groups excluding carboxylic acids is 2. The second kappa shape index (κ2) is 7.87. The molecule has 1 aromatic carbocycles. The Hall–Kier alpha value is -2.08. The summed E-state index contributed by atoms with van der Waals surface area (Å²) in [5.74, 6) is 0.0605. The molecular weight excluding hydrogens is 318 g/mol. The Bertz CT molecular complexity index is 634. The van der Waals surface area contributed by atoms with Gasteiger partial charge in [-0.05, 0) is 37.8 Å². The molecule has 0 spiro atoms. The summed E-state index contributed by atoms with van der Waals surface area (Å²) in [4.78, 5) is 28.6. The molecule has 0 aliphatic carbocycles. The first-order valence-electron chi connectivity index (χ1n) is 9.04. The highest BCUT2D eigenvalue weighted by atomic mass is 16.5. The van der Waals surface area contributed by atoms with Gasteiger partial charge in [0.1, 0.15) is 0 Å². The highest BCUT2D eigenvalue weighted by Gasteiger charge is 2.29. The average Bonchev–Trinajstić information content (AvgIpc) is 2.63. The number of amides is 3. The summed E-state index contributed by atoms with van der Waals surface area (Å²) in [6, 6.07) is 7.87. The van der Waals surface area contributed by atoms with E-state index in [1.807, 2.05) is 34.1 Å². The van der Waals surface area contributed by atoms with Crippen LogP contribution in [0.5, 0.6) is 0 Å². The Morgan fingerprint density at radius 3 is 2.88 bits per heavy atom. The van der Waals surface area contributed by atoms with Crippen LogP contribution in [0.15, 0.2) is 24.3 Å². The quantitative estimate of drug-likeness (QED) is 0.906. The molecule has 1 N–H and O–H groups in total. The first-order valence-corrected chi connectivity index (χ1v) is 9.04. The molecule has 0 saturated carbocycles. The zero-order valence-electron chi connectivity index (χ0n) is 15.0. The number of nitrogens with one attached hydrogen (secondary N) is 1. The third kappa shape index (κ3) is 3.95. The smallest absolute Gasteiger partial charge is 0.317 e. The van der Waals surface area contributed by atoms with Crippen LogP contribution < -0.4 is 5.32 Å². The normalized spacial score (nSPS) is 23.4. The third-order valence-corrected chi connectivity index (χ3v) is 5.27. The standard InChI is InChI=1S/C19H27N3O3/c1-14-13-16(25-2)8-11-22(14)19(24)20-9-12-21-10-7-15-5-3-4-6-17(15)18(21)23/h3-6,14,16H,7-13H2,1-2H3,(H,20,24)/t14-,16-/m1/s1. The lowest BCUT2D eigenvalue weighted by atomic mass is 9.99. The van der Waals surface area contributed by atoms with Crippen LogP contribution in [0.3, 0.4) is 0 Å². The Balaban J connectivity index is 1.47. The summed E-state index contributed by atoms with van der Waals surface area (Å²) in [5, 5.41) is 2.96. The topological polar surface area (TPSA) is 61.9 Å². The van der Waals surface area contributed by atoms with E-state index in [1.54, 1.807) is 7.11 Å².